The number of aromatic nitrogens is 1. The zero-order valence-electron chi connectivity index (χ0n) is 12.8. The first-order valence-corrected chi connectivity index (χ1v) is 7.86. The standard InChI is InChI=1S/C15H17N3O3S.ClH/c1-9(6-16-2)14(19)18-15-17-11(7-22-15)10-3-4-12-13(5-10)21-8-20-12;/h3-5,7,9,16H,6,8H2,1-2H3,(H,17,18,19);1H. The number of nitrogens with one attached hydrogen (secondary N) is 2. The maximum absolute atomic E-state index is 12.0. The van der Waals surface area contributed by atoms with Crippen molar-refractivity contribution in [2.45, 2.75) is 6.92 Å². The number of ether oxygens (including phenoxy) is 2. The number of hydrogen-bond acceptors (Lipinski definition) is 6. The lowest BCUT2D eigenvalue weighted by Crippen LogP contribution is -2.28. The lowest BCUT2D eigenvalue weighted by atomic mass is 10.1. The van der Waals surface area contributed by atoms with E-state index in [2.05, 4.69) is 15.6 Å². The molecule has 1 aromatic heterocycles. The minimum Gasteiger partial charge on any atom is -0.454 e. The van der Waals surface area contributed by atoms with E-state index in [0.29, 0.717) is 11.7 Å². The summed E-state index contributed by atoms with van der Waals surface area (Å²) in [6.45, 7) is 2.75. The molecule has 8 heteroatoms. The average Bonchev–Trinajstić information content (AvgIpc) is 3.15. The fourth-order valence-electron chi connectivity index (χ4n) is 2.15. The van der Waals surface area contributed by atoms with E-state index in [1.165, 1.54) is 11.3 Å². The van der Waals surface area contributed by atoms with Gasteiger partial charge in [0.25, 0.3) is 0 Å². The van der Waals surface area contributed by atoms with Crippen molar-refractivity contribution in [1.82, 2.24) is 10.3 Å². The van der Waals surface area contributed by atoms with E-state index < -0.39 is 0 Å². The van der Waals surface area contributed by atoms with Crippen molar-refractivity contribution >= 4 is 34.8 Å². The summed E-state index contributed by atoms with van der Waals surface area (Å²) in [5, 5.41) is 8.34. The number of carbonyl (C=O) groups excluding carboxylic acids is 1. The molecular formula is C15H18ClN3O3S. The molecule has 1 atom stereocenters. The zero-order valence-corrected chi connectivity index (χ0v) is 14.4. The molecule has 0 radical (unpaired) electrons. The van der Waals surface area contributed by atoms with Gasteiger partial charge < -0.3 is 20.1 Å². The van der Waals surface area contributed by atoms with E-state index >= 15 is 0 Å². The molecule has 0 fully saturated rings. The van der Waals surface area contributed by atoms with Crippen LogP contribution >= 0.6 is 23.7 Å². The molecule has 2 heterocycles. The summed E-state index contributed by atoms with van der Waals surface area (Å²) in [6.07, 6.45) is 0. The van der Waals surface area contributed by atoms with Gasteiger partial charge in [0.15, 0.2) is 16.6 Å². The summed E-state index contributed by atoms with van der Waals surface area (Å²) in [5.41, 5.74) is 1.74. The number of hydrogen-bond donors (Lipinski definition) is 2. The molecule has 0 saturated carbocycles. The van der Waals surface area contributed by atoms with Gasteiger partial charge in [-0.15, -0.1) is 23.7 Å². The number of nitrogens with zero attached hydrogens (tertiary/aromatic N) is 1. The molecule has 0 spiro atoms. The number of rotatable bonds is 5. The third-order valence-corrected chi connectivity index (χ3v) is 4.12. The van der Waals surface area contributed by atoms with Crippen LogP contribution in [0.1, 0.15) is 6.92 Å². The topological polar surface area (TPSA) is 72.5 Å². The van der Waals surface area contributed by atoms with Gasteiger partial charge in [0.1, 0.15) is 0 Å². The average molecular weight is 356 g/mol. The molecule has 2 aromatic rings. The van der Waals surface area contributed by atoms with Gasteiger partial charge in [-0.2, -0.15) is 0 Å². The molecule has 1 amide bonds. The number of anilines is 1. The lowest BCUT2D eigenvalue weighted by molar-refractivity contribution is -0.119. The summed E-state index contributed by atoms with van der Waals surface area (Å²) in [4.78, 5) is 16.4. The summed E-state index contributed by atoms with van der Waals surface area (Å²) in [7, 11) is 1.82. The molecule has 0 saturated heterocycles. The van der Waals surface area contributed by atoms with Gasteiger partial charge in [0.2, 0.25) is 12.7 Å². The first kappa shape index (κ1) is 17.5. The lowest BCUT2D eigenvalue weighted by Gasteiger charge is -2.09. The summed E-state index contributed by atoms with van der Waals surface area (Å²) in [5.74, 6) is 1.32. The molecule has 1 aromatic carbocycles. The molecule has 1 aliphatic heterocycles. The fraction of sp³-hybridized carbons (Fsp3) is 0.333. The van der Waals surface area contributed by atoms with Crippen LogP contribution in [0.5, 0.6) is 11.5 Å². The Hall–Kier alpha value is -1.83. The van der Waals surface area contributed by atoms with Crippen LogP contribution in [0.3, 0.4) is 0 Å². The molecule has 23 heavy (non-hydrogen) atoms. The molecule has 1 unspecified atom stereocenters. The number of carbonyl (C=O) groups is 1. The zero-order chi connectivity index (χ0) is 15.5. The van der Waals surface area contributed by atoms with Crippen molar-refractivity contribution in [2.24, 2.45) is 5.92 Å². The number of thiazole rings is 1. The highest BCUT2D eigenvalue weighted by Crippen LogP contribution is 2.36. The first-order chi connectivity index (χ1) is 10.7. The van der Waals surface area contributed by atoms with Crippen molar-refractivity contribution < 1.29 is 14.3 Å². The van der Waals surface area contributed by atoms with E-state index in [1.807, 2.05) is 37.6 Å². The Balaban J connectivity index is 0.00000192. The minimum absolute atomic E-state index is 0. The van der Waals surface area contributed by atoms with Crippen LogP contribution in [0.2, 0.25) is 0 Å². The van der Waals surface area contributed by atoms with Gasteiger partial charge in [-0.3, -0.25) is 4.79 Å². The molecule has 2 N–H and O–H groups in total. The van der Waals surface area contributed by atoms with Crippen LogP contribution in [-0.2, 0) is 4.79 Å². The summed E-state index contributed by atoms with van der Waals surface area (Å²) < 4.78 is 10.7. The largest absolute Gasteiger partial charge is 0.454 e. The Morgan fingerprint density at radius 2 is 2.17 bits per heavy atom. The van der Waals surface area contributed by atoms with Crippen molar-refractivity contribution in [1.29, 1.82) is 0 Å². The third-order valence-electron chi connectivity index (χ3n) is 3.36. The highest BCUT2D eigenvalue weighted by Gasteiger charge is 2.17. The van der Waals surface area contributed by atoms with Crippen molar-refractivity contribution in [2.75, 3.05) is 25.7 Å². The number of benzene rings is 1. The van der Waals surface area contributed by atoms with Crippen molar-refractivity contribution in [3.05, 3.63) is 23.6 Å². The van der Waals surface area contributed by atoms with Gasteiger partial charge in [0, 0.05) is 23.4 Å². The van der Waals surface area contributed by atoms with E-state index in [1.54, 1.807) is 0 Å². The molecule has 6 nitrogen and oxygen atoms in total. The molecule has 1 aliphatic rings. The van der Waals surface area contributed by atoms with E-state index in [9.17, 15) is 4.79 Å². The highest BCUT2D eigenvalue weighted by atomic mass is 35.5. The Bertz CT molecular complexity index is 692. The first-order valence-electron chi connectivity index (χ1n) is 6.98. The van der Waals surface area contributed by atoms with Gasteiger partial charge in [-0.05, 0) is 25.2 Å². The van der Waals surface area contributed by atoms with E-state index in [-0.39, 0.29) is 31.0 Å². The van der Waals surface area contributed by atoms with Crippen LogP contribution in [0.25, 0.3) is 11.3 Å². The van der Waals surface area contributed by atoms with Gasteiger partial charge in [-0.1, -0.05) is 6.92 Å². The van der Waals surface area contributed by atoms with Gasteiger partial charge in [-0.25, -0.2) is 4.98 Å². The fourth-order valence-corrected chi connectivity index (χ4v) is 2.87. The predicted octanol–water partition coefficient (Wildman–Crippen LogP) is 2.75. The number of halogens is 1. The molecular weight excluding hydrogens is 338 g/mol. The normalized spacial score (nSPS) is 13.3. The Morgan fingerprint density at radius 1 is 1.39 bits per heavy atom. The summed E-state index contributed by atoms with van der Waals surface area (Å²) in [6, 6.07) is 5.69. The molecule has 0 aliphatic carbocycles. The second-order valence-electron chi connectivity index (χ2n) is 5.05. The van der Waals surface area contributed by atoms with Gasteiger partial charge in [0.05, 0.1) is 5.69 Å². The number of amides is 1. The van der Waals surface area contributed by atoms with Gasteiger partial charge >= 0.3 is 0 Å². The Labute approximate surface area is 144 Å². The number of fused-ring (bicyclic) bond motifs is 1. The summed E-state index contributed by atoms with van der Waals surface area (Å²) >= 11 is 1.41. The molecule has 124 valence electrons. The highest BCUT2D eigenvalue weighted by molar-refractivity contribution is 7.14. The Morgan fingerprint density at radius 3 is 2.96 bits per heavy atom. The quantitative estimate of drug-likeness (QED) is 0.862. The predicted molar refractivity (Wildman–Crippen MR) is 92.6 cm³/mol. The maximum Gasteiger partial charge on any atom is 0.231 e. The smallest absolute Gasteiger partial charge is 0.231 e. The Kier molecular flexibility index (Phi) is 5.81. The van der Waals surface area contributed by atoms with Crippen molar-refractivity contribution in [3.63, 3.8) is 0 Å². The van der Waals surface area contributed by atoms with Crippen LogP contribution in [0.15, 0.2) is 23.6 Å². The molecule has 3 rings (SSSR count). The maximum atomic E-state index is 12.0. The van der Waals surface area contributed by atoms with Crippen LogP contribution in [0.4, 0.5) is 5.13 Å². The van der Waals surface area contributed by atoms with Crippen LogP contribution in [0, 0.1) is 5.92 Å². The second-order valence-corrected chi connectivity index (χ2v) is 5.91. The minimum atomic E-state index is -0.108. The second kappa shape index (κ2) is 7.63. The third kappa shape index (κ3) is 3.93. The monoisotopic (exact) mass is 355 g/mol. The SMILES string of the molecule is CNCC(C)C(=O)Nc1nc(-c2ccc3c(c2)OCO3)cs1.Cl. The van der Waals surface area contributed by atoms with E-state index in [4.69, 9.17) is 9.47 Å². The van der Waals surface area contributed by atoms with Crippen LogP contribution in [-0.4, -0.2) is 31.3 Å². The van der Waals surface area contributed by atoms with Crippen LogP contribution < -0.4 is 20.1 Å². The molecule has 0 bridgehead atoms. The van der Waals surface area contributed by atoms with E-state index in [0.717, 1.165) is 22.8 Å². The van der Waals surface area contributed by atoms with Crippen molar-refractivity contribution in [3.8, 4) is 22.8 Å².